The number of furan rings is 1. The van der Waals surface area contributed by atoms with Crippen LogP contribution in [0.25, 0.3) is 10.2 Å². The third-order valence-corrected chi connectivity index (χ3v) is 6.03. The number of rotatable bonds is 5. The third-order valence-electron chi connectivity index (χ3n) is 5.01. The smallest absolute Gasteiger partial charge is 0.296 e. The Bertz CT molecular complexity index is 1330. The average molecular weight is 433 g/mol. The van der Waals surface area contributed by atoms with Crippen LogP contribution in [-0.4, -0.2) is 33.9 Å². The monoisotopic (exact) mass is 433 g/mol. The molecule has 1 N–H and O–H groups in total. The maximum atomic E-state index is 13.1. The highest BCUT2D eigenvalue weighted by molar-refractivity contribution is 7.22. The number of aromatic nitrogens is 2. The van der Waals surface area contributed by atoms with Crippen molar-refractivity contribution < 1.29 is 23.8 Å². The number of aliphatic hydroxyl groups excluding tert-OH is 1. The van der Waals surface area contributed by atoms with Crippen LogP contribution in [0, 0.1) is 0 Å². The fraction of sp³-hybridized carbons (Fsp3) is 0.0909. The summed E-state index contributed by atoms with van der Waals surface area (Å²) in [4.78, 5) is 36.2. The molecule has 8 nitrogen and oxygen atoms in total. The highest BCUT2D eigenvalue weighted by Crippen LogP contribution is 2.44. The molecule has 4 heterocycles. The van der Waals surface area contributed by atoms with Crippen LogP contribution in [0.4, 0.5) is 5.13 Å². The van der Waals surface area contributed by atoms with E-state index in [4.69, 9.17) is 9.15 Å². The topological polar surface area (TPSA) is 106 Å². The molecule has 3 aromatic heterocycles. The fourth-order valence-corrected chi connectivity index (χ4v) is 4.58. The minimum atomic E-state index is -0.879. The first-order valence-electron chi connectivity index (χ1n) is 9.28. The van der Waals surface area contributed by atoms with Crippen molar-refractivity contribution in [1.82, 2.24) is 9.97 Å². The van der Waals surface area contributed by atoms with Crippen LogP contribution in [0.15, 0.2) is 76.9 Å². The third kappa shape index (κ3) is 3.06. The largest absolute Gasteiger partial charge is 0.503 e. The molecule has 1 atom stereocenters. The van der Waals surface area contributed by atoms with E-state index in [0.29, 0.717) is 22.0 Å². The summed E-state index contributed by atoms with van der Waals surface area (Å²) >= 11 is 1.27. The summed E-state index contributed by atoms with van der Waals surface area (Å²) in [5.74, 6) is -1.20. The SMILES string of the molecule is COc1ccc2nc(N3C(=O)C(O)=C(C(=O)c4ccco4)C3c3ccncc3)sc2c1. The summed E-state index contributed by atoms with van der Waals surface area (Å²) in [7, 11) is 1.57. The Morgan fingerprint density at radius 2 is 2.03 bits per heavy atom. The Kier molecular flexibility index (Phi) is 4.52. The Labute approximate surface area is 180 Å². The molecule has 154 valence electrons. The van der Waals surface area contributed by atoms with E-state index >= 15 is 0 Å². The number of benzene rings is 1. The predicted molar refractivity (Wildman–Crippen MR) is 113 cm³/mol. The van der Waals surface area contributed by atoms with Crippen molar-refractivity contribution in [1.29, 1.82) is 0 Å². The van der Waals surface area contributed by atoms with Gasteiger partial charge in [0, 0.05) is 12.4 Å². The molecule has 1 aliphatic rings. The molecule has 9 heteroatoms. The number of hydrogen-bond donors (Lipinski definition) is 1. The molecule has 1 aliphatic heterocycles. The molecule has 5 rings (SSSR count). The molecule has 0 bridgehead atoms. The van der Waals surface area contributed by atoms with Gasteiger partial charge in [0.1, 0.15) is 5.75 Å². The number of ether oxygens (including phenoxy) is 1. The van der Waals surface area contributed by atoms with Crippen LogP contribution < -0.4 is 9.64 Å². The van der Waals surface area contributed by atoms with Crippen molar-refractivity contribution in [3.63, 3.8) is 0 Å². The molecule has 0 fully saturated rings. The Hall–Kier alpha value is -3.98. The number of ketones is 1. The first kappa shape index (κ1) is 19.0. The number of carbonyl (C=O) groups is 2. The van der Waals surface area contributed by atoms with Gasteiger partial charge in [-0.2, -0.15) is 0 Å². The zero-order valence-electron chi connectivity index (χ0n) is 16.2. The zero-order chi connectivity index (χ0) is 21.5. The molecule has 0 aliphatic carbocycles. The molecule has 31 heavy (non-hydrogen) atoms. The van der Waals surface area contributed by atoms with Crippen LogP contribution in [0.1, 0.15) is 22.2 Å². The van der Waals surface area contributed by atoms with E-state index in [2.05, 4.69) is 9.97 Å². The molecule has 0 spiro atoms. The maximum Gasteiger partial charge on any atom is 0.296 e. The van der Waals surface area contributed by atoms with Gasteiger partial charge in [0.2, 0.25) is 5.78 Å². The molecule has 0 saturated heterocycles. The van der Waals surface area contributed by atoms with E-state index in [9.17, 15) is 14.7 Å². The van der Waals surface area contributed by atoms with Crippen LogP contribution in [-0.2, 0) is 4.79 Å². The molecule has 1 amide bonds. The molecular weight excluding hydrogens is 418 g/mol. The maximum absolute atomic E-state index is 13.1. The molecule has 1 unspecified atom stereocenters. The van der Waals surface area contributed by atoms with Crippen molar-refractivity contribution >= 4 is 38.4 Å². The first-order chi connectivity index (χ1) is 15.1. The number of aliphatic hydroxyl groups is 1. The molecular formula is C22H15N3O5S. The predicted octanol–water partition coefficient (Wildman–Crippen LogP) is 4.08. The van der Waals surface area contributed by atoms with E-state index in [1.54, 1.807) is 49.8 Å². The Morgan fingerprint density at radius 1 is 1.23 bits per heavy atom. The van der Waals surface area contributed by atoms with Crippen molar-refractivity contribution in [2.45, 2.75) is 6.04 Å². The van der Waals surface area contributed by atoms with Crippen LogP contribution in [0.3, 0.4) is 0 Å². The van der Waals surface area contributed by atoms with Gasteiger partial charge in [-0.25, -0.2) is 4.98 Å². The first-order valence-corrected chi connectivity index (χ1v) is 10.1. The summed E-state index contributed by atoms with van der Waals surface area (Å²) in [6.45, 7) is 0. The van der Waals surface area contributed by atoms with Crippen molar-refractivity contribution in [3.05, 3.63) is 83.8 Å². The van der Waals surface area contributed by atoms with Gasteiger partial charge in [0.25, 0.3) is 5.91 Å². The Balaban J connectivity index is 1.66. The van der Waals surface area contributed by atoms with Crippen molar-refractivity contribution in [2.75, 3.05) is 12.0 Å². The van der Waals surface area contributed by atoms with Crippen LogP contribution >= 0.6 is 11.3 Å². The number of amides is 1. The van der Waals surface area contributed by atoms with E-state index < -0.39 is 23.5 Å². The van der Waals surface area contributed by atoms with E-state index in [1.165, 1.54) is 28.6 Å². The van der Waals surface area contributed by atoms with Gasteiger partial charge in [-0.15, -0.1) is 0 Å². The van der Waals surface area contributed by atoms with Gasteiger partial charge in [0.15, 0.2) is 16.7 Å². The number of Topliss-reactive ketones (excluding diaryl/α,β-unsaturated/α-hetero) is 1. The minimum absolute atomic E-state index is 0.0318. The number of pyridine rings is 1. The number of carbonyl (C=O) groups excluding carboxylic acids is 2. The number of fused-ring (bicyclic) bond motifs is 1. The lowest BCUT2D eigenvalue weighted by atomic mass is 9.96. The number of hydrogen-bond acceptors (Lipinski definition) is 8. The molecule has 0 radical (unpaired) electrons. The minimum Gasteiger partial charge on any atom is -0.503 e. The van der Waals surface area contributed by atoms with Gasteiger partial charge < -0.3 is 14.3 Å². The number of anilines is 1. The van der Waals surface area contributed by atoms with E-state index in [0.717, 1.165) is 4.70 Å². The van der Waals surface area contributed by atoms with Crippen molar-refractivity contribution in [3.8, 4) is 5.75 Å². The quantitative estimate of drug-likeness (QED) is 0.473. The highest BCUT2D eigenvalue weighted by atomic mass is 32.1. The van der Waals surface area contributed by atoms with E-state index in [1.807, 2.05) is 6.07 Å². The number of methoxy groups -OCH3 is 1. The van der Waals surface area contributed by atoms with Gasteiger partial charge in [-0.3, -0.25) is 19.5 Å². The van der Waals surface area contributed by atoms with Crippen LogP contribution in [0.5, 0.6) is 5.75 Å². The molecule has 0 saturated carbocycles. The average Bonchev–Trinajstić information content (AvgIpc) is 3.52. The summed E-state index contributed by atoms with van der Waals surface area (Å²) in [5, 5.41) is 11.1. The molecule has 1 aromatic carbocycles. The second-order valence-electron chi connectivity index (χ2n) is 6.76. The van der Waals surface area contributed by atoms with E-state index in [-0.39, 0.29) is 11.3 Å². The Morgan fingerprint density at radius 3 is 2.74 bits per heavy atom. The second-order valence-corrected chi connectivity index (χ2v) is 7.77. The zero-order valence-corrected chi connectivity index (χ0v) is 17.0. The lowest BCUT2D eigenvalue weighted by Gasteiger charge is -2.24. The molecule has 4 aromatic rings. The lowest BCUT2D eigenvalue weighted by Crippen LogP contribution is -2.30. The normalized spacial score (nSPS) is 16.4. The highest BCUT2D eigenvalue weighted by Gasteiger charge is 2.46. The van der Waals surface area contributed by atoms with Gasteiger partial charge in [-0.05, 0) is 48.0 Å². The van der Waals surface area contributed by atoms with Crippen molar-refractivity contribution in [2.24, 2.45) is 0 Å². The van der Waals surface area contributed by atoms with Crippen LogP contribution in [0.2, 0.25) is 0 Å². The lowest BCUT2D eigenvalue weighted by molar-refractivity contribution is -0.117. The number of thiazole rings is 1. The summed E-state index contributed by atoms with van der Waals surface area (Å²) < 4.78 is 11.3. The van der Waals surface area contributed by atoms with Gasteiger partial charge >= 0.3 is 0 Å². The number of nitrogens with zero attached hydrogens (tertiary/aromatic N) is 3. The summed E-state index contributed by atoms with van der Waals surface area (Å²) in [6.07, 6.45) is 4.48. The summed E-state index contributed by atoms with van der Waals surface area (Å²) in [5.41, 5.74) is 1.22. The van der Waals surface area contributed by atoms with Gasteiger partial charge in [-0.1, -0.05) is 11.3 Å². The summed E-state index contributed by atoms with van der Waals surface area (Å²) in [6, 6.07) is 10.9. The second kappa shape index (κ2) is 7.37. The van der Waals surface area contributed by atoms with Gasteiger partial charge in [0.05, 0.1) is 35.2 Å². The fourth-order valence-electron chi connectivity index (χ4n) is 3.56. The standard InChI is InChI=1S/C22H15N3O5S/c1-29-13-4-5-14-16(11-13)31-22(24-14)25-18(12-6-8-23-9-7-12)17(20(27)21(25)28)19(26)15-3-2-10-30-15/h2-11,18,27H,1H3.